The Hall–Kier alpha value is -0.590. The molecule has 0 aromatic heterocycles. The molecule has 0 bridgehead atoms. The second-order valence-corrected chi connectivity index (χ2v) is 2.72. The molecule has 0 rings (SSSR count). The average Bonchev–Trinajstić information content (AvgIpc) is 1.84. The van der Waals surface area contributed by atoms with Crippen molar-refractivity contribution in [3.63, 3.8) is 0 Å². The molecule has 0 amide bonds. The van der Waals surface area contributed by atoms with Crippen molar-refractivity contribution < 1.29 is 4.42 Å². The third kappa shape index (κ3) is 3.95. The van der Waals surface area contributed by atoms with Gasteiger partial charge in [0.25, 0.3) is 0 Å². The van der Waals surface area contributed by atoms with E-state index >= 15 is 0 Å². The summed E-state index contributed by atoms with van der Waals surface area (Å²) in [5, 5.41) is 0. The van der Waals surface area contributed by atoms with E-state index in [4.69, 9.17) is 0 Å². The molecular formula is C8H14O. The van der Waals surface area contributed by atoms with Crippen molar-refractivity contribution in [1.29, 1.82) is 0 Å². The first-order chi connectivity index (χ1) is 4.12. The Morgan fingerprint density at radius 1 is 1.67 bits per heavy atom. The minimum absolute atomic E-state index is 0.121. The number of rotatable bonds is 3. The smallest absolute Gasteiger partial charge is 0.208 e. The van der Waals surface area contributed by atoms with Crippen LogP contribution in [-0.2, 0) is 4.42 Å². The van der Waals surface area contributed by atoms with Gasteiger partial charge in [-0.25, -0.2) is 0 Å². The lowest BCUT2D eigenvalue weighted by Gasteiger charge is -2.18. The molecule has 0 fully saturated rings. The van der Waals surface area contributed by atoms with E-state index in [1.165, 1.54) is 0 Å². The Balaban J connectivity index is 3.71. The summed E-state index contributed by atoms with van der Waals surface area (Å²) in [5.41, 5.74) is 0.121. The SMILES string of the molecule is C=CC(C)(C)C[C-]=[O+]C. The van der Waals surface area contributed by atoms with E-state index < -0.39 is 0 Å². The molecule has 0 N–H and O–H groups in total. The highest BCUT2D eigenvalue weighted by atomic mass is 16.4. The van der Waals surface area contributed by atoms with Crippen LogP contribution in [0.1, 0.15) is 20.3 Å². The summed E-state index contributed by atoms with van der Waals surface area (Å²) in [6.07, 6.45) is 5.47. The molecule has 0 atom stereocenters. The van der Waals surface area contributed by atoms with E-state index in [2.05, 4.69) is 31.1 Å². The molecule has 0 aliphatic carbocycles. The minimum Gasteiger partial charge on any atom is -0.459 e. The first kappa shape index (κ1) is 8.41. The maximum Gasteiger partial charge on any atom is 0.208 e. The molecule has 0 radical (unpaired) electrons. The van der Waals surface area contributed by atoms with Crippen LogP contribution < -0.4 is 0 Å². The van der Waals surface area contributed by atoms with Crippen molar-refractivity contribution in [1.82, 2.24) is 0 Å². The van der Waals surface area contributed by atoms with E-state index in [0.29, 0.717) is 0 Å². The molecule has 0 aliphatic rings. The summed E-state index contributed by atoms with van der Waals surface area (Å²) in [6.45, 7) is 7.87. The Bertz CT molecular complexity index is 112. The van der Waals surface area contributed by atoms with Crippen LogP contribution in [0.5, 0.6) is 0 Å². The van der Waals surface area contributed by atoms with Gasteiger partial charge in [-0.2, -0.15) is 0 Å². The number of allylic oxidation sites excluding steroid dienone is 1. The Morgan fingerprint density at radius 2 is 2.22 bits per heavy atom. The minimum atomic E-state index is 0.121. The highest BCUT2D eigenvalue weighted by molar-refractivity contribution is 5.52. The van der Waals surface area contributed by atoms with Crippen LogP contribution in [0.2, 0.25) is 0 Å². The molecular weight excluding hydrogens is 112 g/mol. The summed E-state index contributed by atoms with van der Waals surface area (Å²) < 4.78 is 4.68. The lowest BCUT2D eigenvalue weighted by atomic mass is 9.91. The molecule has 52 valence electrons. The Labute approximate surface area is 57.1 Å². The van der Waals surface area contributed by atoms with Gasteiger partial charge in [0, 0.05) is 0 Å². The second-order valence-electron chi connectivity index (χ2n) is 2.72. The van der Waals surface area contributed by atoms with Gasteiger partial charge in [0.15, 0.2) is 0 Å². The topological polar surface area (TPSA) is 11.3 Å². The van der Waals surface area contributed by atoms with Crippen LogP contribution in [0.3, 0.4) is 0 Å². The van der Waals surface area contributed by atoms with Gasteiger partial charge in [-0.1, -0.05) is 26.3 Å². The van der Waals surface area contributed by atoms with Crippen molar-refractivity contribution >= 4 is 6.29 Å². The third-order valence-corrected chi connectivity index (χ3v) is 1.22. The van der Waals surface area contributed by atoms with Gasteiger partial charge in [0.05, 0.1) is 0 Å². The van der Waals surface area contributed by atoms with Crippen molar-refractivity contribution in [3.05, 3.63) is 12.7 Å². The van der Waals surface area contributed by atoms with Gasteiger partial charge < -0.3 is 4.42 Å². The first-order valence-corrected chi connectivity index (χ1v) is 3.02. The molecule has 1 nitrogen and oxygen atoms in total. The van der Waals surface area contributed by atoms with Crippen LogP contribution in [0.15, 0.2) is 12.7 Å². The summed E-state index contributed by atoms with van der Waals surface area (Å²) in [7, 11) is 1.61. The number of hydrogen-bond acceptors (Lipinski definition) is 0. The number of carbonyl (C=O) groups excluding carboxylic acids is 1. The number of hydrogen-bond donors (Lipinski definition) is 0. The summed E-state index contributed by atoms with van der Waals surface area (Å²) in [4.78, 5) is 0. The van der Waals surface area contributed by atoms with Crippen molar-refractivity contribution in [2.75, 3.05) is 7.11 Å². The fourth-order valence-corrected chi connectivity index (χ4v) is 0.330. The van der Waals surface area contributed by atoms with E-state index in [-0.39, 0.29) is 5.41 Å². The van der Waals surface area contributed by atoms with Gasteiger partial charge in [-0.15, -0.1) is 6.58 Å². The van der Waals surface area contributed by atoms with Crippen molar-refractivity contribution in [2.24, 2.45) is 5.41 Å². The fraction of sp³-hybridized carbons (Fsp3) is 0.625. The van der Waals surface area contributed by atoms with E-state index in [1.54, 1.807) is 7.11 Å². The van der Waals surface area contributed by atoms with Crippen molar-refractivity contribution in [2.45, 2.75) is 20.3 Å². The molecule has 0 heterocycles. The highest BCUT2D eigenvalue weighted by Crippen LogP contribution is 2.18. The second kappa shape index (κ2) is 3.44. The zero-order valence-electron chi connectivity index (χ0n) is 6.40. The predicted molar refractivity (Wildman–Crippen MR) is 40.2 cm³/mol. The van der Waals surface area contributed by atoms with Crippen LogP contribution in [0.25, 0.3) is 0 Å². The molecule has 0 saturated heterocycles. The predicted octanol–water partition coefficient (Wildman–Crippen LogP) is 1.86. The molecule has 0 saturated carbocycles. The molecule has 0 unspecified atom stereocenters. The monoisotopic (exact) mass is 126 g/mol. The lowest BCUT2D eigenvalue weighted by Crippen LogP contribution is -2.07. The Kier molecular flexibility index (Phi) is 3.21. The van der Waals surface area contributed by atoms with Gasteiger partial charge in [0.1, 0.15) is 0 Å². The fourth-order valence-electron chi connectivity index (χ4n) is 0.330. The molecule has 1 heteroatoms. The van der Waals surface area contributed by atoms with Gasteiger partial charge in [-0.05, 0) is 11.7 Å². The zero-order valence-corrected chi connectivity index (χ0v) is 6.40. The standard InChI is InChI=1S/C8H14O/c1-5-8(2,3)6-7-9-4/h5H,1,6H2,2-4H3. The largest absolute Gasteiger partial charge is 0.459 e. The Morgan fingerprint density at radius 3 is 2.56 bits per heavy atom. The third-order valence-electron chi connectivity index (χ3n) is 1.22. The van der Waals surface area contributed by atoms with E-state index in [1.807, 2.05) is 6.08 Å². The van der Waals surface area contributed by atoms with Crippen LogP contribution in [-0.4, -0.2) is 13.4 Å². The molecule has 0 spiro atoms. The normalized spacial score (nSPS) is 12.3. The van der Waals surface area contributed by atoms with E-state index in [0.717, 1.165) is 6.42 Å². The maximum atomic E-state index is 4.68. The summed E-state index contributed by atoms with van der Waals surface area (Å²) in [5.74, 6) is 0. The van der Waals surface area contributed by atoms with Crippen LogP contribution in [0.4, 0.5) is 0 Å². The van der Waals surface area contributed by atoms with Crippen LogP contribution in [0, 0.1) is 5.41 Å². The lowest BCUT2D eigenvalue weighted by molar-refractivity contribution is 0.177. The van der Waals surface area contributed by atoms with Gasteiger partial charge >= 0.3 is 0 Å². The summed E-state index contributed by atoms with van der Waals surface area (Å²) in [6, 6.07) is 0. The summed E-state index contributed by atoms with van der Waals surface area (Å²) >= 11 is 0. The molecule has 0 aliphatic heterocycles. The molecule has 9 heavy (non-hydrogen) atoms. The van der Waals surface area contributed by atoms with Crippen LogP contribution >= 0.6 is 0 Å². The molecule has 0 aromatic rings. The van der Waals surface area contributed by atoms with Gasteiger partial charge in [0.2, 0.25) is 7.11 Å². The molecule has 0 aromatic carbocycles. The average molecular weight is 126 g/mol. The maximum absolute atomic E-state index is 4.68. The van der Waals surface area contributed by atoms with Gasteiger partial charge in [-0.3, -0.25) is 0 Å². The van der Waals surface area contributed by atoms with Crippen molar-refractivity contribution in [3.8, 4) is 0 Å². The highest BCUT2D eigenvalue weighted by Gasteiger charge is 2.06. The quantitative estimate of drug-likeness (QED) is 0.311. The zero-order chi connectivity index (χ0) is 7.33. The first-order valence-electron chi connectivity index (χ1n) is 3.02. The van der Waals surface area contributed by atoms with E-state index in [9.17, 15) is 0 Å².